The average molecular weight is 311 g/mol. The van der Waals surface area contributed by atoms with E-state index in [2.05, 4.69) is 15.7 Å². The summed E-state index contributed by atoms with van der Waals surface area (Å²) in [6, 6.07) is 1.83. The summed E-state index contributed by atoms with van der Waals surface area (Å²) in [6.45, 7) is 2.50. The first-order valence-electron chi connectivity index (χ1n) is 5.88. The van der Waals surface area contributed by atoms with Crippen LogP contribution in [-0.2, 0) is 11.3 Å². The Kier molecular flexibility index (Phi) is 8.75. The highest BCUT2D eigenvalue weighted by molar-refractivity contribution is 5.85. The zero-order valence-corrected chi connectivity index (χ0v) is 12.1. The predicted octanol–water partition coefficient (Wildman–Crippen LogP) is -0.187. The van der Waals surface area contributed by atoms with Crippen LogP contribution in [0.15, 0.2) is 18.5 Å². The van der Waals surface area contributed by atoms with E-state index in [1.165, 1.54) is 0 Å². The van der Waals surface area contributed by atoms with Crippen molar-refractivity contribution in [2.24, 2.45) is 5.92 Å². The maximum absolute atomic E-state index is 11.5. The third-order valence-electron chi connectivity index (χ3n) is 2.99. The number of β-amino-alcohol motifs (C(OH)–C–C–N with tert-alkyl or cyclic N) is 1. The zero-order valence-electron chi connectivity index (χ0n) is 10.5. The maximum Gasteiger partial charge on any atom is 0.221 e. The van der Waals surface area contributed by atoms with Gasteiger partial charge in [0.15, 0.2) is 0 Å². The number of aryl methyl sites for hydroxylation is 1. The van der Waals surface area contributed by atoms with Crippen molar-refractivity contribution in [2.75, 3.05) is 19.6 Å². The zero-order chi connectivity index (χ0) is 12.1. The molecule has 1 aliphatic rings. The number of carbonyl (C=O) groups excluding carboxylic acids is 1. The van der Waals surface area contributed by atoms with Crippen molar-refractivity contribution in [3.05, 3.63) is 18.5 Å². The first-order valence-corrected chi connectivity index (χ1v) is 5.88. The largest absolute Gasteiger partial charge is 0.391 e. The van der Waals surface area contributed by atoms with E-state index in [1.54, 1.807) is 10.9 Å². The maximum atomic E-state index is 11.5. The van der Waals surface area contributed by atoms with Crippen LogP contribution in [0, 0.1) is 5.92 Å². The molecule has 2 unspecified atom stereocenters. The molecule has 2 heterocycles. The second-order valence-corrected chi connectivity index (χ2v) is 4.31. The molecule has 2 rings (SSSR count). The van der Waals surface area contributed by atoms with Gasteiger partial charge in [-0.15, -0.1) is 24.8 Å². The van der Waals surface area contributed by atoms with Crippen LogP contribution in [-0.4, -0.2) is 46.5 Å². The molecule has 0 aliphatic carbocycles. The van der Waals surface area contributed by atoms with Crippen molar-refractivity contribution < 1.29 is 9.90 Å². The topological polar surface area (TPSA) is 79.2 Å². The monoisotopic (exact) mass is 310 g/mol. The van der Waals surface area contributed by atoms with Crippen molar-refractivity contribution in [1.29, 1.82) is 0 Å². The Labute approximate surface area is 124 Å². The molecule has 19 heavy (non-hydrogen) atoms. The number of hydrogen-bond acceptors (Lipinski definition) is 4. The van der Waals surface area contributed by atoms with Gasteiger partial charge in [0, 0.05) is 50.9 Å². The van der Waals surface area contributed by atoms with Gasteiger partial charge in [0.1, 0.15) is 0 Å². The molecular weight excluding hydrogens is 291 g/mol. The summed E-state index contributed by atoms with van der Waals surface area (Å²) in [5, 5.41) is 19.5. The molecule has 1 aromatic heterocycles. The number of aliphatic hydroxyl groups is 1. The number of carbonyl (C=O) groups is 1. The van der Waals surface area contributed by atoms with Crippen molar-refractivity contribution in [3.8, 4) is 0 Å². The van der Waals surface area contributed by atoms with Gasteiger partial charge < -0.3 is 15.7 Å². The summed E-state index contributed by atoms with van der Waals surface area (Å²) < 4.78 is 1.73. The van der Waals surface area contributed by atoms with E-state index in [0.29, 0.717) is 26.1 Å². The van der Waals surface area contributed by atoms with Gasteiger partial charge in [-0.1, -0.05) is 0 Å². The van der Waals surface area contributed by atoms with Crippen LogP contribution < -0.4 is 10.6 Å². The van der Waals surface area contributed by atoms with Crippen LogP contribution in [0.4, 0.5) is 0 Å². The lowest BCUT2D eigenvalue weighted by molar-refractivity contribution is -0.121. The van der Waals surface area contributed by atoms with E-state index >= 15 is 0 Å². The van der Waals surface area contributed by atoms with E-state index < -0.39 is 0 Å². The van der Waals surface area contributed by atoms with Crippen LogP contribution in [0.1, 0.15) is 6.42 Å². The minimum atomic E-state index is -0.346. The minimum absolute atomic E-state index is 0. The second kappa shape index (κ2) is 9.14. The molecule has 2 atom stereocenters. The van der Waals surface area contributed by atoms with Gasteiger partial charge in [-0.05, 0) is 6.07 Å². The Morgan fingerprint density at radius 2 is 2.26 bits per heavy atom. The lowest BCUT2D eigenvalue weighted by atomic mass is 10.1. The van der Waals surface area contributed by atoms with E-state index in [-0.39, 0.29) is 42.7 Å². The molecule has 6 nitrogen and oxygen atoms in total. The van der Waals surface area contributed by atoms with Gasteiger partial charge in [-0.25, -0.2) is 0 Å². The molecule has 0 saturated carbocycles. The van der Waals surface area contributed by atoms with Gasteiger partial charge in [0.2, 0.25) is 5.91 Å². The molecule has 3 N–H and O–H groups in total. The first-order chi connectivity index (χ1) is 8.25. The van der Waals surface area contributed by atoms with E-state index in [1.807, 2.05) is 12.3 Å². The fraction of sp³-hybridized carbons (Fsp3) is 0.636. The molecule has 0 spiro atoms. The summed E-state index contributed by atoms with van der Waals surface area (Å²) in [7, 11) is 0. The van der Waals surface area contributed by atoms with E-state index in [0.717, 1.165) is 6.54 Å². The van der Waals surface area contributed by atoms with Crippen molar-refractivity contribution >= 4 is 30.7 Å². The van der Waals surface area contributed by atoms with Crippen molar-refractivity contribution in [1.82, 2.24) is 20.4 Å². The summed E-state index contributed by atoms with van der Waals surface area (Å²) >= 11 is 0. The Balaban J connectivity index is 0.00000162. The SMILES string of the molecule is Cl.Cl.O=C(CCn1cccn1)NCC1CNCC1O. The minimum Gasteiger partial charge on any atom is -0.391 e. The van der Waals surface area contributed by atoms with E-state index in [9.17, 15) is 9.90 Å². The summed E-state index contributed by atoms with van der Waals surface area (Å²) in [5.74, 6) is 0.128. The molecule has 0 bridgehead atoms. The lowest BCUT2D eigenvalue weighted by Gasteiger charge is -2.13. The Bertz CT molecular complexity index is 362. The Morgan fingerprint density at radius 1 is 1.47 bits per heavy atom. The number of nitrogens with zero attached hydrogens (tertiary/aromatic N) is 2. The number of aromatic nitrogens is 2. The highest BCUT2D eigenvalue weighted by atomic mass is 35.5. The molecule has 1 fully saturated rings. The van der Waals surface area contributed by atoms with Crippen LogP contribution in [0.2, 0.25) is 0 Å². The molecular formula is C11H20Cl2N4O2. The molecule has 0 aromatic carbocycles. The highest BCUT2D eigenvalue weighted by Crippen LogP contribution is 2.06. The number of nitrogens with one attached hydrogen (secondary N) is 2. The quantitative estimate of drug-likeness (QED) is 0.704. The smallest absolute Gasteiger partial charge is 0.221 e. The number of amides is 1. The van der Waals surface area contributed by atoms with E-state index in [4.69, 9.17) is 0 Å². The summed E-state index contributed by atoms with van der Waals surface area (Å²) in [5.41, 5.74) is 0. The third kappa shape index (κ3) is 5.78. The van der Waals surface area contributed by atoms with Crippen LogP contribution in [0.3, 0.4) is 0 Å². The predicted molar refractivity (Wildman–Crippen MR) is 76.7 cm³/mol. The third-order valence-corrected chi connectivity index (χ3v) is 2.99. The number of halogens is 2. The van der Waals surface area contributed by atoms with Gasteiger partial charge in [-0.2, -0.15) is 5.10 Å². The normalized spacial score (nSPS) is 21.3. The molecule has 1 amide bonds. The van der Waals surface area contributed by atoms with Gasteiger partial charge >= 0.3 is 0 Å². The second-order valence-electron chi connectivity index (χ2n) is 4.31. The number of rotatable bonds is 5. The van der Waals surface area contributed by atoms with Crippen LogP contribution in [0.25, 0.3) is 0 Å². The fourth-order valence-electron chi connectivity index (χ4n) is 1.91. The Morgan fingerprint density at radius 3 is 2.84 bits per heavy atom. The first kappa shape index (κ1) is 18.2. The van der Waals surface area contributed by atoms with Crippen LogP contribution >= 0.6 is 24.8 Å². The van der Waals surface area contributed by atoms with Gasteiger partial charge in [0.25, 0.3) is 0 Å². The van der Waals surface area contributed by atoms with Crippen LogP contribution in [0.5, 0.6) is 0 Å². The van der Waals surface area contributed by atoms with Crippen molar-refractivity contribution in [3.63, 3.8) is 0 Å². The lowest BCUT2D eigenvalue weighted by Crippen LogP contribution is -2.34. The van der Waals surface area contributed by atoms with Crippen molar-refractivity contribution in [2.45, 2.75) is 19.1 Å². The fourth-order valence-corrected chi connectivity index (χ4v) is 1.91. The molecule has 1 aromatic rings. The number of aliphatic hydroxyl groups excluding tert-OH is 1. The van der Waals surface area contributed by atoms with Gasteiger partial charge in [-0.3, -0.25) is 9.48 Å². The molecule has 0 radical (unpaired) electrons. The molecule has 1 aliphatic heterocycles. The summed E-state index contributed by atoms with van der Waals surface area (Å²) in [4.78, 5) is 11.5. The standard InChI is InChI=1S/C11H18N4O2.2ClH/c16-10-8-12-6-9(10)7-13-11(17)2-5-15-4-1-3-14-15;;/h1,3-4,9-10,12,16H,2,5-8H2,(H,13,17);2*1H. The Hall–Kier alpha value is -0.820. The number of hydrogen-bond donors (Lipinski definition) is 3. The van der Waals surface area contributed by atoms with Gasteiger partial charge in [0.05, 0.1) is 6.10 Å². The molecule has 8 heteroatoms. The highest BCUT2D eigenvalue weighted by Gasteiger charge is 2.24. The molecule has 110 valence electrons. The summed E-state index contributed by atoms with van der Waals surface area (Å²) in [6.07, 6.45) is 3.59. The average Bonchev–Trinajstić information content (AvgIpc) is 2.95. The molecule has 1 saturated heterocycles.